The maximum Gasteiger partial charge on any atom is 0.226 e. The van der Waals surface area contributed by atoms with Crippen LogP contribution in [0.15, 0.2) is 24.5 Å². The number of hydrogen-bond donors (Lipinski definition) is 0. The molecule has 1 aromatic heterocycles. The molecule has 0 N–H and O–H groups in total. The summed E-state index contributed by atoms with van der Waals surface area (Å²) in [6.07, 6.45) is 9.77. The number of piperidine rings is 1. The number of aromatic nitrogens is 1. The zero-order valence-electron chi connectivity index (χ0n) is 13.3. The lowest BCUT2D eigenvalue weighted by molar-refractivity contribution is -0.134. The predicted octanol–water partition coefficient (Wildman–Crippen LogP) is 2.55. The van der Waals surface area contributed by atoms with Gasteiger partial charge in [0.25, 0.3) is 0 Å². The van der Waals surface area contributed by atoms with E-state index in [1.54, 1.807) is 0 Å². The maximum atomic E-state index is 12.7. The van der Waals surface area contributed by atoms with Gasteiger partial charge in [-0.25, -0.2) is 0 Å². The Morgan fingerprint density at radius 1 is 1.14 bits per heavy atom. The number of fused-ring (bicyclic) bond motifs is 1. The minimum Gasteiger partial charge on any atom is -0.371 e. The largest absolute Gasteiger partial charge is 0.371 e. The second kappa shape index (κ2) is 5.56. The summed E-state index contributed by atoms with van der Waals surface area (Å²) in [7, 11) is 2.03. The van der Waals surface area contributed by atoms with Crippen LogP contribution < -0.4 is 4.90 Å². The summed E-state index contributed by atoms with van der Waals surface area (Å²) in [5.41, 5.74) is 1.25. The van der Waals surface area contributed by atoms with Crippen molar-refractivity contribution < 1.29 is 4.79 Å². The summed E-state index contributed by atoms with van der Waals surface area (Å²) in [5.74, 6) is 2.26. The molecule has 2 heterocycles. The molecule has 1 saturated heterocycles. The van der Waals surface area contributed by atoms with Gasteiger partial charge in [-0.05, 0) is 49.7 Å². The van der Waals surface area contributed by atoms with Crippen LogP contribution in [0.25, 0.3) is 0 Å². The SMILES string of the molecule is CN(C(=O)C1[C@H]2CCC[C@H]12)C1CCN(c2ccncc2)CC1. The summed E-state index contributed by atoms with van der Waals surface area (Å²) >= 11 is 0. The summed E-state index contributed by atoms with van der Waals surface area (Å²) in [4.78, 5) is 21.2. The molecule has 2 saturated carbocycles. The van der Waals surface area contributed by atoms with E-state index in [0.717, 1.165) is 37.8 Å². The minimum absolute atomic E-state index is 0.372. The zero-order chi connectivity index (χ0) is 15.1. The molecule has 1 aromatic rings. The molecule has 2 aliphatic carbocycles. The van der Waals surface area contributed by atoms with E-state index in [4.69, 9.17) is 0 Å². The Bertz CT molecular complexity index is 529. The van der Waals surface area contributed by atoms with Crippen molar-refractivity contribution in [3.05, 3.63) is 24.5 Å². The van der Waals surface area contributed by atoms with Gasteiger partial charge in [0, 0.05) is 50.2 Å². The Hall–Kier alpha value is -1.58. The molecule has 22 heavy (non-hydrogen) atoms. The first-order chi connectivity index (χ1) is 10.8. The summed E-state index contributed by atoms with van der Waals surface area (Å²) in [6, 6.07) is 4.56. The van der Waals surface area contributed by atoms with E-state index in [1.165, 1.54) is 24.9 Å². The van der Waals surface area contributed by atoms with Crippen molar-refractivity contribution in [2.24, 2.45) is 17.8 Å². The summed E-state index contributed by atoms with van der Waals surface area (Å²) in [6.45, 7) is 2.06. The Balaban J connectivity index is 1.32. The Morgan fingerprint density at radius 3 is 2.41 bits per heavy atom. The molecule has 0 unspecified atom stereocenters. The molecule has 2 atom stereocenters. The molecule has 0 radical (unpaired) electrons. The van der Waals surface area contributed by atoms with Crippen LogP contribution in [0.2, 0.25) is 0 Å². The van der Waals surface area contributed by atoms with Gasteiger partial charge in [-0.3, -0.25) is 9.78 Å². The third kappa shape index (κ3) is 2.38. The van der Waals surface area contributed by atoms with E-state index < -0.39 is 0 Å². The molecule has 118 valence electrons. The van der Waals surface area contributed by atoms with Crippen LogP contribution in [-0.2, 0) is 4.79 Å². The molecule has 0 aromatic carbocycles. The normalized spacial score (nSPS) is 31.0. The standard InChI is InChI=1S/C18H25N3O/c1-20(18(22)17-15-3-2-4-16(15)17)13-7-11-21(12-8-13)14-5-9-19-10-6-14/h5-6,9-10,13,15-17H,2-4,7-8,11-12H2,1H3/t15-,16-/m0/s1. The van der Waals surface area contributed by atoms with E-state index in [1.807, 2.05) is 19.4 Å². The van der Waals surface area contributed by atoms with Gasteiger partial charge in [-0.1, -0.05) is 6.42 Å². The number of carbonyl (C=O) groups is 1. The molecule has 1 amide bonds. The zero-order valence-corrected chi connectivity index (χ0v) is 13.3. The number of carbonyl (C=O) groups excluding carboxylic acids is 1. The van der Waals surface area contributed by atoms with E-state index in [2.05, 4.69) is 26.9 Å². The van der Waals surface area contributed by atoms with E-state index in [0.29, 0.717) is 17.9 Å². The quantitative estimate of drug-likeness (QED) is 0.860. The van der Waals surface area contributed by atoms with Crippen molar-refractivity contribution >= 4 is 11.6 Å². The molecule has 0 bridgehead atoms. The van der Waals surface area contributed by atoms with Gasteiger partial charge >= 0.3 is 0 Å². The topological polar surface area (TPSA) is 36.4 Å². The molecule has 3 fully saturated rings. The van der Waals surface area contributed by atoms with Crippen molar-refractivity contribution in [1.82, 2.24) is 9.88 Å². The lowest BCUT2D eigenvalue weighted by atomic mass is 10.0. The van der Waals surface area contributed by atoms with Crippen LogP contribution in [0.1, 0.15) is 32.1 Å². The van der Waals surface area contributed by atoms with Crippen molar-refractivity contribution in [3.63, 3.8) is 0 Å². The number of hydrogen-bond acceptors (Lipinski definition) is 3. The molecule has 4 heteroatoms. The molecular weight excluding hydrogens is 274 g/mol. The van der Waals surface area contributed by atoms with Crippen LogP contribution in [-0.4, -0.2) is 42.0 Å². The van der Waals surface area contributed by atoms with E-state index in [9.17, 15) is 4.79 Å². The van der Waals surface area contributed by atoms with Crippen LogP contribution >= 0.6 is 0 Å². The number of amides is 1. The number of pyridine rings is 1. The Labute approximate surface area is 132 Å². The molecular formula is C18H25N3O. The lowest BCUT2D eigenvalue weighted by Crippen LogP contribution is -2.46. The van der Waals surface area contributed by atoms with Gasteiger partial charge in [-0.15, -0.1) is 0 Å². The summed E-state index contributed by atoms with van der Waals surface area (Å²) in [5, 5.41) is 0. The first kappa shape index (κ1) is 14.0. The Morgan fingerprint density at radius 2 is 1.77 bits per heavy atom. The molecule has 3 aliphatic rings. The fraction of sp³-hybridized carbons (Fsp3) is 0.667. The number of rotatable bonds is 3. The van der Waals surface area contributed by atoms with Crippen LogP contribution in [0, 0.1) is 17.8 Å². The van der Waals surface area contributed by atoms with Crippen LogP contribution in [0.4, 0.5) is 5.69 Å². The van der Waals surface area contributed by atoms with Gasteiger partial charge in [0.05, 0.1) is 0 Å². The van der Waals surface area contributed by atoms with Crippen LogP contribution in [0.3, 0.4) is 0 Å². The number of nitrogens with zero attached hydrogens (tertiary/aromatic N) is 3. The highest BCUT2D eigenvalue weighted by molar-refractivity contribution is 5.82. The first-order valence-corrected chi connectivity index (χ1v) is 8.67. The minimum atomic E-state index is 0.372. The average Bonchev–Trinajstić information content (AvgIpc) is 3.06. The van der Waals surface area contributed by atoms with Gasteiger partial charge < -0.3 is 9.80 Å². The third-order valence-electron chi connectivity index (χ3n) is 6.08. The molecule has 0 spiro atoms. The van der Waals surface area contributed by atoms with Gasteiger partial charge in [0.2, 0.25) is 5.91 Å². The summed E-state index contributed by atoms with van der Waals surface area (Å²) < 4.78 is 0. The lowest BCUT2D eigenvalue weighted by Gasteiger charge is -2.38. The van der Waals surface area contributed by atoms with E-state index >= 15 is 0 Å². The highest BCUT2D eigenvalue weighted by atomic mass is 16.2. The molecule has 1 aliphatic heterocycles. The monoisotopic (exact) mass is 299 g/mol. The second-order valence-electron chi connectivity index (χ2n) is 7.16. The molecule has 4 rings (SSSR count). The number of anilines is 1. The first-order valence-electron chi connectivity index (χ1n) is 8.67. The Kier molecular flexibility index (Phi) is 3.55. The van der Waals surface area contributed by atoms with Gasteiger partial charge in [0.1, 0.15) is 0 Å². The smallest absolute Gasteiger partial charge is 0.226 e. The van der Waals surface area contributed by atoms with E-state index in [-0.39, 0.29) is 0 Å². The van der Waals surface area contributed by atoms with Crippen molar-refractivity contribution in [2.75, 3.05) is 25.0 Å². The predicted molar refractivity (Wildman–Crippen MR) is 86.6 cm³/mol. The van der Waals surface area contributed by atoms with Crippen LogP contribution in [0.5, 0.6) is 0 Å². The van der Waals surface area contributed by atoms with Gasteiger partial charge in [-0.2, -0.15) is 0 Å². The molecule has 4 nitrogen and oxygen atoms in total. The van der Waals surface area contributed by atoms with Crippen molar-refractivity contribution in [2.45, 2.75) is 38.1 Å². The highest BCUT2D eigenvalue weighted by Crippen LogP contribution is 2.58. The van der Waals surface area contributed by atoms with Crippen molar-refractivity contribution in [3.8, 4) is 0 Å². The maximum absolute atomic E-state index is 12.7. The van der Waals surface area contributed by atoms with Crippen molar-refractivity contribution in [1.29, 1.82) is 0 Å². The second-order valence-corrected chi connectivity index (χ2v) is 7.16. The highest BCUT2D eigenvalue weighted by Gasteiger charge is 2.57. The fourth-order valence-corrected chi connectivity index (χ4v) is 4.67. The third-order valence-corrected chi connectivity index (χ3v) is 6.08. The van der Waals surface area contributed by atoms with Gasteiger partial charge in [0.15, 0.2) is 0 Å². The fourth-order valence-electron chi connectivity index (χ4n) is 4.67. The average molecular weight is 299 g/mol.